The second kappa shape index (κ2) is 10.5. The van der Waals surface area contributed by atoms with Crippen LogP contribution in [0.25, 0.3) is 10.9 Å². The van der Waals surface area contributed by atoms with Gasteiger partial charge in [-0.1, -0.05) is 58.4 Å². The Balaban J connectivity index is 1.16. The highest BCUT2D eigenvalue weighted by Crippen LogP contribution is 2.37. The summed E-state index contributed by atoms with van der Waals surface area (Å²) in [5.41, 5.74) is 4.05. The fourth-order valence-corrected chi connectivity index (χ4v) is 5.06. The molecule has 1 aromatic heterocycles. The van der Waals surface area contributed by atoms with E-state index in [1.807, 2.05) is 30.3 Å². The Labute approximate surface area is 212 Å². The molecule has 0 radical (unpaired) electrons. The number of aromatic hydroxyl groups is 1. The number of aromatic nitrogens is 1. The highest BCUT2D eigenvalue weighted by molar-refractivity contribution is 9.10. The summed E-state index contributed by atoms with van der Waals surface area (Å²) in [6.07, 6.45) is 3.58. The van der Waals surface area contributed by atoms with E-state index in [0.717, 1.165) is 42.0 Å². The largest absolute Gasteiger partial charge is 0.493 e. The van der Waals surface area contributed by atoms with E-state index in [4.69, 9.17) is 0 Å². The highest BCUT2D eigenvalue weighted by Gasteiger charge is 2.19. The number of azo groups is 1. The second-order valence-corrected chi connectivity index (χ2v) is 10.0. The molecule has 1 aliphatic heterocycles. The van der Waals surface area contributed by atoms with Crippen molar-refractivity contribution >= 4 is 38.4 Å². The summed E-state index contributed by atoms with van der Waals surface area (Å²) in [5, 5.41) is 18.7. The molecule has 6 nitrogen and oxygen atoms in total. The van der Waals surface area contributed by atoms with Gasteiger partial charge >= 0.3 is 0 Å². The second-order valence-electron chi connectivity index (χ2n) is 9.12. The Morgan fingerprint density at radius 3 is 2.49 bits per heavy atom. The number of likely N-dealkylation sites (tertiary alicyclic amines) is 1. The van der Waals surface area contributed by atoms with Gasteiger partial charge in [0.15, 0.2) is 5.69 Å². The van der Waals surface area contributed by atoms with Crippen molar-refractivity contribution in [1.82, 2.24) is 9.88 Å². The molecule has 4 aromatic rings. The minimum Gasteiger partial charge on any atom is -0.493 e. The lowest BCUT2D eigenvalue weighted by atomic mass is 9.90. The molecule has 0 atom stereocenters. The van der Waals surface area contributed by atoms with Crippen LogP contribution in [-0.4, -0.2) is 34.0 Å². The fraction of sp³-hybridized carbons (Fsp3) is 0.250. The molecule has 3 aromatic carbocycles. The minimum atomic E-state index is -0.443. The maximum atomic E-state index is 12.6. The summed E-state index contributed by atoms with van der Waals surface area (Å²) < 4.78 is 0.850. The number of carbonyl (C=O) groups excluding carboxylic acids is 1. The summed E-state index contributed by atoms with van der Waals surface area (Å²) in [6.45, 7) is 3.07. The van der Waals surface area contributed by atoms with Crippen LogP contribution >= 0.6 is 15.9 Å². The smallest absolute Gasteiger partial charge is 0.295 e. The predicted octanol–water partition coefficient (Wildman–Crippen LogP) is 7.01. The lowest BCUT2D eigenvalue weighted by Crippen LogP contribution is -2.33. The van der Waals surface area contributed by atoms with E-state index in [-0.39, 0.29) is 11.6 Å². The number of nitrogens with zero attached hydrogens (tertiary/aromatic N) is 3. The van der Waals surface area contributed by atoms with Crippen LogP contribution in [0.15, 0.2) is 87.5 Å². The van der Waals surface area contributed by atoms with Gasteiger partial charge in [-0.15, -0.1) is 10.2 Å². The van der Waals surface area contributed by atoms with Gasteiger partial charge in [0.05, 0.1) is 5.52 Å². The van der Waals surface area contributed by atoms with Crippen molar-refractivity contribution in [2.24, 2.45) is 16.1 Å². The van der Waals surface area contributed by atoms with Gasteiger partial charge in [0, 0.05) is 22.0 Å². The summed E-state index contributed by atoms with van der Waals surface area (Å²) >= 11 is 3.41. The monoisotopic (exact) mass is 530 g/mol. The SMILES string of the molecule is O=C(N=Nc1c(O)[nH]c2ccc(Br)cc12)c1ccc(CN2CCC(Cc3ccccc3)CC2)cc1. The third-order valence-electron chi connectivity index (χ3n) is 6.64. The number of nitrogens with one attached hydrogen (secondary N) is 1. The molecule has 35 heavy (non-hydrogen) atoms. The lowest BCUT2D eigenvalue weighted by molar-refractivity contribution is 0.0995. The first kappa shape index (κ1) is 23.5. The molecular formula is C28H27BrN4O2. The van der Waals surface area contributed by atoms with Gasteiger partial charge in [0.1, 0.15) is 0 Å². The summed E-state index contributed by atoms with van der Waals surface area (Å²) in [5.74, 6) is 0.191. The third-order valence-corrected chi connectivity index (χ3v) is 7.13. The molecule has 1 fully saturated rings. The van der Waals surface area contributed by atoms with Crippen LogP contribution in [0.3, 0.4) is 0 Å². The molecule has 1 amide bonds. The molecule has 0 unspecified atom stereocenters. The average Bonchev–Trinajstić information content (AvgIpc) is 3.19. The molecule has 1 aliphatic rings. The van der Waals surface area contributed by atoms with E-state index in [0.29, 0.717) is 10.9 Å². The quantitative estimate of drug-likeness (QED) is 0.263. The number of hydrogen-bond donors (Lipinski definition) is 2. The molecule has 0 spiro atoms. The van der Waals surface area contributed by atoms with Crippen LogP contribution in [0.2, 0.25) is 0 Å². The van der Waals surface area contributed by atoms with Crippen molar-refractivity contribution in [3.8, 4) is 5.88 Å². The number of aromatic amines is 1. The number of fused-ring (bicyclic) bond motifs is 1. The summed E-state index contributed by atoms with van der Waals surface area (Å²) in [6, 6.07) is 23.8. The maximum absolute atomic E-state index is 12.6. The Morgan fingerprint density at radius 2 is 1.74 bits per heavy atom. The van der Waals surface area contributed by atoms with Gasteiger partial charge in [0.2, 0.25) is 5.88 Å². The number of H-pyrrole nitrogens is 1. The number of halogens is 1. The topological polar surface area (TPSA) is 81.0 Å². The zero-order valence-corrected chi connectivity index (χ0v) is 20.9. The molecule has 0 saturated carbocycles. The van der Waals surface area contributed by atoms with Crippen molar-refractivity contribution in [3.05, 3.63) is 94.0 Å². The van der Waals surface area contributed by atoms with E-state index < -0.39 is 5.91 Å². The molecular weight excluding hydrogens is 504 g/mol. The first-order chi connectivity index (χ1) is 17.0. The predicted molar refractivity (Wildman–Crippen MR) is 141 cm³/mol. The Hall–Kier alpha value is -3.29. The van der Waals surface area contributed by atoms with Gasteiger partial charge in [-0.3, -0.25) is 9.69 Å². The Bertz CT molecular complexity index is 1340. The van der Waals surface area contributed by atoms with Crippen molar-refractivity contribution in [3.63, 3.8) is 0 Å². The zero-order chi connectivity index (χ0) is 24.2. The first-order valence-electron chi connectivity index (χ1n) is 11.9. The minimum absolute atomic E-state index is 0.113. The number of hydrogen-bond acceptors (Lipinski definition) is 4. The molecule has 5 rings (SSSR count). The van der Waals surface area contributed by atoms with Crippen LogP contribution in [0, 0.1) is 5.92 Å². The van der Waals surface area contributed by atoms with Crippen LogP contribution in [0.1, 0.15) is 34.3 Å². The molecule has 2 N–H and O–H groups in total. The van der Waals surface area contributed by atoms with Crippen LogP contribution in [0.4, 0.5) is 5.69 Å². The molecule has 7 heteroatoms. The molecule has 178 valence electrons. The van der Waals surface area contributed by atoms with Gasteiger partial charge in [-0.2, -0.15) is 0 Å². The van der Waals surface area contributed by atoms with Gasteiger partial charge in [-0.25, -0.2) is 0 Å². The Morgan fingerprint density at radius 1 is 1.00 bits per heavy atom. The van der Waals surface area contributed by atoms with Gasteiger partial charge < -0.3 is 10.1 Å². The standard InChI is InChI=1S/C28H27BrN4O2/c29-23-10-11-25-24(17-23)26(28(35)30-25)31-32-27(34)22-8-6-21(7-9-22)18-33-14-12-20(13-15-33)16-19-4-2-1-3-5-19/h1-11,17,20,30,35H,12-16,18H2. The summed E-state index contributed by atoms with van der Waals surface area (Å²) in [7, 11) is 0. The van der Waals surface area contributed by atoms with Crippen LogP contribution in [-0.2, 0) is 13.0 Å². The molecule has 1 saturated heterocycles. The Kier molecular flexibility index (Phi) is 7.06. The van der Waals surface area contributed by atoms with E-state index in [1.165, 1.54) is 24.0 Å². The zero-order valence-electron chi connectivity index (χ0n) is 19.3. The fourth-order valence-electron chi connectivity index (χ4n) is 4.70. The van der Waals surface area contributed by atoms with Crippen molar-refractivity contribution in [2.45, 2.75) is 25.8 Å². The first-order valence-corrected chi connectivity index (χ1v) is 12.7. The van der Waals surface area contributed by atoms with E-state index in [1.54, 1.807) is 12.1 Å². The van der Waals surface area contributed by atoms with Gasteiger partial charge in [-0.05, 0) is 79.7 Å². The van der Waals surface area contributed by atoms with Crippen molar-refractivity contribution in [2.75, 3.05) is 13.1 Å². The van der Waals surface area contributed by atoms with Crippen LogP contribution in [0.5, 0.6) is 5.88 Å². The van der Waals surface area contributed by atoms with E-state index in [2.05, 4.69) is 66.4 Å². The number of rotatable bonds is 6. The normalized spacial score (nSPS) is 15.2. The number of carbonyl (C=O) groups is 1. The number of amides is 1. The van der Waals surface area contributed by atoms with Gasteiger partial charge in [0.25, 0.3) is 5.91 Å². The lowest BCUT2D eigenvalue weighted by Gasteiger charge is -2.32. The van der Waals surface area contributed by atoms with Crippen molar-refractivity contribution in [1.29, 1.82) is 0 Å². The molecule has 0 aliphatic carbocycles. The molecule has 0 bridgehead atoms. The maximum Gasteiger partial charge on any atom is 0.295 e. The average molecular weight is 531 g/mol. The number of piperidine rings is 1. The molecule has 2 heterocycles. The van der Waals surface area contributed by atoms with E-state index in [9.17, 15) is 9.90 Å². The van der Waals surface area contributed by atoms with Crippen LogP contribution < -0.4 is 0 Å². The van der Waals surface area contributed by atoms with Crippen molar-refractivity contribution < 1.29 is 9.90 Å². The summed E-state index contributed by atoms with van der Waals surface area (Å²) in [4.78, 5) is 17.9. The third kappa shape index (κ3) is 5.69. The number of benzene rings is 3. The van der Waals surface area contributed by atoms with E-state index >= 15 is 0 Å². The highest BCUT2D eigenvalue weighted by atomic mass is 79.9.